The maximum Gasteiger partial charge on any atom is 0.316 e. The quantitative estimate of drug-likeness (QED) is 0.486. The van der Waals surface area contributed by atoms with Gasteiger partial charge in [-0.25, -0.2) is 0 Å². The summed E-state index contributed by atoms with van der Waals surface area (Å²) in [5, 5.41) is 0. The molecule has 0 aliphatic heterocycles. The summed E-state index contributed by atoms with van der Waals surface area (Å²) in [4.78, 5) is 11.4. The molecule has 13 heavy (non-hydrogen) atoms. The van der Waals surface area contributed by atoms with E-state index < -0.39 is 5.41 Å². The van der Waals surface area contributed by atoms with Crippen LogP contribution >= 0.6 is 0 Å². The van der Waals surface area contributed by atoms with Gasteiger partial charge < -0.3 is 4.74 Å². The first-order chi connectivity index (χ1) is 6.00. The maximum atomic E-state index is 11.4. The zero-order chi connectivity index (χ0) is 9.90. The second kappa shape index (κ2) is 3.60. The minimum atomic E-state index is -0.469. The largest absolute Gasteiger partial charge is 0.425 e. The number of hydrogen-bond acceptors (Lipinski definition) is 2. The summed E-state index contributed by atoms with van der Waals surface area (Å²) in [5.41, 5.74) is -0.469. The Hall–Kier alpha value is -1.31. The number of ether oxygens (including phenoxy) is 1. The van der Waals surface area contributed by atoms with Crippen LogP contribution in [0.3, 0.4) is 0 Å². The lowest BCUT2D eigenvalue weighted by Gasteiger charge is -2.15. The van der Waals surface area contributed by atoms with E-state index in [9.17, 15) is 4.79 Å². The first kappa shape index (κ1) is 9.78. The Bertz CT molecular complexity index is 283. The van der Waals surface area contributed by atoms with E-state index in [2.05, 4.69) is 6.07 Å². The second-order valence-corrected chi connectivity index (χ2v) is 3.87. The second-order valence-electron chi connectivity index (χ2n) is 3.87. The van der Waals surface area contributed by atoms with E-state index >= 15 is 0 Å². The summed E-state index contributed by atoms with van der Waals surface area (Å²) in [5.74, 6) is 0.234. The minimum Gasteiger partial charge on any atom is -0.425 e. The van der Waals surface area contributed by atoms with E-state index in [1.807, 2.05) is 32.9 Å². The van der Waals surface area contributed by atoms with Crippen molar-refractivity contribution < 1.29 is 9.53 Å². The molecule has 0 heterocycles. The van der Waals surface area contributed by atoms with Crippen molar-refractivity contribution in [1.82, 2.24) is 0 Å². The highest BCUT2D eigenvalue weighted by molar-refractivity contribution is 5.77. The fourth-order valence-electron chi connectivity index (χ4n) is 0.693. The number of esters is 1. The molecule has 69 valence electrons. The van der Waals surface area contributed by atoms with Crippen molar-refractivity contribution in [2.45, 2.75) is 20.8 Å². The molecule has 0 saturated heterocycles. The van der Waals surface area contributed by atoms with Gasteiger partial charge in [0, 0.05) is 6.07 Å². The maximum absolute atomic E-state index is 11.4. The topological polar surface area (TPSA) is 26.3 Å². The van der Waals surface area contributed by atoms with Crippen molar-refractivity contribution in [3.05, 3.63) is 30.3 Å². The summed E-state index contributed by atoms with van der Waals surface area (Å²) in [6.07, 6.45) is 0. The van der Waals surface area contributed by atoms with Crippen LogP contribution in [0.25, 0.3) is 0 Å². The molecule has 0 atom stereocenters. The summed E-state index contributed by atoms with van der Waals surface area (Å²) >= 11 is 0. The Morgan fingerprint density at radius 2 is 2.08 bits per heavy atom. The standard InChI is InChI=1S/C11H13O2/c1-11(2,3)10(12)13-9-7-5-4-6-8-9/h4-7H,1-3H3. The number of para-hydroxylation sites is 1. The van der Waals surface area contributed by atoms with Crippen LogP contribution in [-0.2, 0) is 4.79 Å². The van der Waals surface area contributed by atoms with Crippen LogP contribution in [0.1, 0.15) is 20.8 Å². The van der Waals surface area contributed by atoms with Crippen LogP contribution in [0.2, 0.25) is 0 Å². The average molecular weight is 177 g/mol. The van der Waals surface area contributed by atoms with E-state index in [0.29, 0.717) is 5.75 Å². The molecule has 1 aromatic carbocycles. The lowest BCUT2D eigenvalue weighted by Crippen LogP contribution is -2.25. The molecular weight excluding hydrogens is 164 g/mol. The Kier molecular flexibility index (Phi) is 2.71. The van der Waals surface area contributed by atoms with E-state index in [1.165, 1.54) is 0 Å². The summed E-state index contributed by atoms with van der Waals surface area (Å²) < 4.78 is 5.08. The van der Waals surface area contributed by atoms with Crippen LogP contribution < -0.4 is 4.74 Å². The van der Waals surface area contributed by atoms with Gasteiger partial charge in [0.2, 0.25) is 0 Å². The molecule has 0 aromatic heterocycles. The van der Waals surface area contributed by atoms with Crippen LogP contribution in [0.15, 0.2) is 24.3 Å². The summed E-state index contributed by atoms with van der Waals surface area (Å²) in [6.45, 7) is 5.45. The molecule has 0 saturated carbocycles. The van der Waals surface area contributed by atoms with Crippen LogP contribution in [0.5, 0.6) is 5.75 Å². The first-order valence-corrected chi connectivity index (χ1v) is 4.19. The van der Waals surface area contributed by atoms with Gasteiger partial charge >= 0.3 is 5.97 Å². The Morgan fingerprint density at radius 3 is 2.54 bits per heavy atom. The number of carbonyl (C=O) groups excluding carboxylic acids is 1. The predicted octanol–water partition coefficient (Wildman–Crippen LogP) is 2.44. The zero-order valence-corrected chi connectivity index (χ0v) is 8.13. The van der Waals surface area contributed by atoms with Crippen LogP contribution in [0.4, 0.5) is 0 Å². The van der Waals surface area contributed by atoms with Gasteiger partial charge in [0.15, 0.2) is 0 Å². The lowest BCUT2D eigenvalue weighted by atomic mass is 9.97. The van der Waals surface area contributed by atoms with E-state index in [0.717, 1.165) is 0 Å². The Balaban J connectivity index is 2.66. The predicted molar refractivity (Wildman–Crippen MR) is 50.4 cm³/mol. The lowest BCUT2D eigenvalue weighted by molar-refractivity contribution is -0.143. The van der Waals surface area contributed by atoms with Gasteiger partial charge in [-0.05, 0) is 26.8 Å². The molecule has 1 aromatic rings. The molecule has 0 amide bonds. The third-order valence-electron chi connectivity index (χ3n) is 1.50. The number of carbonyl (C=O) groups is 1. The van der Waals surface area contributed by atoms with Crippen molar-refractivity contribution in [3.63, 3.8) is 0 Å². The minimum absolute atomic E-state index is 0.241. The fraction of sp³-hybridized carbons (Fsp3) is 0.364. The van der Waals surface area contributed by atoms with E-state index in [-0.39, 0.29) is 5.97 Å². The van der Waals surface area contributed by atoms with E-state index in [1.54, 1.807) is 12.1 Å². The summed E-state index contributed by atoms with van der Waals surface area (Å²) in [7, 11) is 0. The van der Waals surface area contributed by atoms with Gasteiger partial charge in [-0.2, -0.15) is 0 Å². The highest BCUT2D eigenvalue weighted by atomic mass is 16.5. The molecule has 0 spiro atoms. The Morgan fingerprint density at radius 1 is 1.38 bits per heavy atom. The van der Waals surface area contributed by atoms with E-state index in [4.69, 9.17) is 4.74 Å². The van der Waals surface area contributed by atoms with Gasteiger partial charge in [-0.1, -0.05) is 18.2 Å². The smallest absolute Gasteiger partial charge is 0.316 e. The molecule has 2 nitrogen and oxygen atoms in total. The molecule has 0 fully saturated rings. The number of hydrogen-bond donors (Lipinski definition) is 0. The molecule has 2 heteroatoms. The molecule has 0 bridgehead atoms. The third-order valence-corrected chi connectivity index (χ3v) is 1.50. The molecular formula is C11H13O2. The van der Waals surface area contributed by atoms with Gasteiger partial charge in [0.05, 0.1) is 5.41 Å². The molecule has 0 unspecified atom stereocenters. The van der Waals surface area contributed by atoms with Gasteiger partial charge in [0.25, 0.3) is 0 Å². The molecule has 0 N–H and O–H groups in total. The van der Waals surface area contributed by atoms with Gasteiger partial charge in [-0.15, -0.1) is 0 Å². The van der Waals surface area contributed by atoms with Crippen LogP contribution in [0, 0.1) is 11.5 Å². The fourth-order valence-corrected chi connectivity index (χ4v) is 0.693. The Labute approximate surface area is 78.5 Å². The van der Waals surface area contributed by atoms with Crippen molar-refractivity contribution in [1.29, 1.82) is 0 Å². The molecule has 0 aliphatic carbocycles. The monoisotopic (exact) mass is 177 g/mol. The summed E-state index contributed by atoms with van der Waals surface area (Å²) in [6, 6.07) is 9.89. The average Bonchev–Trinajstić information content (AvgIpc) is 2.04. The molecule has 1 rings (SSSR count). The molecule has 0 aliphatic rings. The highest BCUT2D eigenvalue weighted by Crippen LogP contribution is 2.18. The van der Waals surface area contributed by atoms with Crippen molar-refractivity contribution >= 4 is 5.97 Å². The van der Waals surface area contributed by atoms with Crippen molar-refractivity contribution in [3.8, 4) is 5.75 Å². The zero-order valence-electron chi connectivity index (χ0n) is 8.13. The normalized spacial score (nSPS) is 11.0. The van der Waals surface area contributed by atoms with Gasteiger partial charge in [0.1, 0.15) is 5.75 Å². The van der Waals surface area contributed by atoms with Crippen molar-refractivity contribution in [2.24, 2.45) is 5.41 Å². The van der Waals surface area contributed by atoms with Crippen molar-refractivity contribution in [2.75, 3.05) is 0 Å². The SMILES string of the molecule is CC(C)(C)C(=O)Oc1[c]cccc1. The third kappa shape index (κ3) is 2.90. The van der Waals surface area contributed by atoms with Crippen LogP contribution in [-0.4, -0.2) is 5.97 Å². The first-order valence-electron chi connectivity index (χ1n) is 4.19. The number of benzene rings is 1. The molecule has 1 radical (unpaired) electrons. The highest BCUT2D eigenvalue weighted by Gasteiger charge is 2.23. The van der Waals surface area contributed by atoms with Gasteiger partial charge in [-0.3, -0.25) is 4.79 Å². The number of rotatable bonds is 1.